The molecule has 2 aromatic rings. The predicted octanol–water partition coefficient (Wildman–Crippen LogP) is 2.93. The molecule has 1 unspecified atom stereocenters. The van der Waals surface area contributed by atoms with Crippen LogP contribution >= 0.6 is 6.49 Å². The molecule has 0 fully saturated rings. The van der Waals surface area contributed by atoms with Gasteiger partial charge in [-0.15, -0.1) is 0 Å². The molecule has 0 N–H and O–H groups in total. The summed E-state index contributed by atoms with van der Waals surface area (Å²) < 4.78 is 11.6. The number of pyridine rings is 1. The fourth-order valence-electron chi connectivity index (χ4n) is 1.84. The largest absolute Gasteiger partial charge is 0.421 e. The Morgan fingerprint density at radius 3 is 2.83 bits per heavy atom. The molecule has 0 spiro atoms. The van der Waals surface area contributed by atoms with Gasteiger partial charge in [0.15, 0.2) is 0 Å². The topological polar surface area (TPSA) is 31.4 Å². The molecule has 92 valence electrons. The average Bonchev–Trinajstić information content (AvgIpc) is 2.40. The molecule has 0 bridgehead atoms. The van der Waals surface area contributed by atoms with Gasteiger partial charge in [-0.25, -0.2) is 4.98 Å². The number of rotatable bonds is 1. The van der Waals surface area contributed by atoms with E-state index in [1.807, 2.05) is 43.3 Å². The van der Waals surface area contributed by atoms with Gasteiger partial charge >= 0.3 is 0 Å². The number of aromatic nitrogens is 1. The van der Waals surface area contributed by atoms with Gasteiger partial charge in [-0.2, -0.15) is 0 Å². The van der Waals surface area contributed by atoms with Crippen LogP contribution in [-0.2, 0) is 22.9 Å². The minimum atomic E-state index is -2.44. The minimum absolute atomic E-state index is 0.468. The van der Waals surface area contributed by atoms with Crippen LogP contribution in [0.3, 0.4) is 0 Å². The molecule has 0 amide bonds. The lowest BCUT2D eigenvalue weighted by molar-refractivity contribution is 0.277. The molecule has 1 aromatic heterocycles. The molecule has 1 aliphatic rings. The van der Waals surface area contributed by atoms with Crippen molar-refractivity contribution in [2.45, 2.75) is 13.5 Å². The Morgan fingerprint density at radius 1 is 1.28 bits per heavy atom. The molecule has 18 heavy (non-hydrogen) atoms. The first-order valence-electron chi connectivity index (χ1n) is 5.63. The first-order chi connectivity index (χ1) is 8.67. The van der Waals surface area contributed by atoms with Crippen molar-refractivity contribution >= 4 is 23.6 Å². The molecule has 3 nitrogen and oxygen atoms in total. The van der Waals surface area contributed by atoms with Crippen molar-refractivity contribution in [2.24, 2.45) is 0 Å². The standard InChI is InChI=1S/C13H12NO2PS/c1-10-7-11-9-15-17(18,16-13(11)14-8-10)12-5-3-2-4-6-12/h2-8H,9H2,1H3. The summed E-state index contributed by atoms with van der Waals surface area (Å²) in [7, 11) is 0. The summed E-state index contributed by atoms with van der Waals surface area (Å²) in [6.45, 7) is 0.0212. The van der Waals surface area contributed by atoms with E-state index in [-0.39, 0.29) is 0 Å². The molecule has 0 radical (unpaired) electrons. The predicted molar refractivity (Wildman–Crippen MR) is 74.8 cm³/mol. The Balaban J connectivity index is 2.00. The highest BCUT2D eigenvalue weighted by Crippen LogP contribution is 2.52. The number of hydrogen-bond donors (Lipinski definition) is 0. The number of hydrogen-bond acceptors (Lipinski definition) is 4. The molecule has 3 rings (SSSR count). The summed E-state index contributed by atoms with van der Waals surface area (Å²) in [5.74, 6) is 0.610. The highest BCUT2D eigenvalue weighted by molar-refractivity contribution is 8.13. The summed E-state index contributed by atoms with van der Waals surface area (Å²) in [6, 6.07) is 11.7. The van der Waals surface area contributed by atoms with E-state index in [9.17, 15) is 0 Å². The van der Waals surface area contributed by atoms with Gasteiger partial charge in [0, 0.05) is 17.1 Å². The Bertz CT molecular complexity index is 630. The van der Waals surface area contributed by atoms with Gasteiger partial charge in [0.05, 0.1) is 6.61 Å². The van der Waals surface area contributed by atoms with Gasteiger partial charge in [0.2, 0.25) is 5.88 Å². The van der Waals surface area contributed by atoms with E-state index in [0.717, 1.165) is 16.4 Å². The maximum Gasteiger partial charge on any atom is 0.270 e. The first kappa shape index (κ1) is 11.8. The Hall–Kier alpha value is -1.22. The van der Waals surface area contributed by atoms with Gasteiger partial charge < -0.3 is 9.05 Å². The van der Waals surface area contributed by atoms with Crippen LogP contribution in [0.1, 0.15) is 11.1 Å². The second kappa shape index (κ2) is 4.47. The van der Waals surface area contributed by atoms with Crippen molar-refractivity contribution in [1.82, 2.24) is 4.98 Å². The van der Waals surface area contributed by atoms with E-state index < -0.39 is 6.49 Å². The van der Waals surface area contributed by atoms with E-state index in [1.165, 1.54) is 0 Å². The smallest absolute Gasteiger partial charge is 0.270 e. The molecule has 1 atom stereocenters. The molecule has 0 aliphatic carbocycles. The second-order valence-corrected chi connectivity index (χ2v) is 7.57. The van der Waals surface area contributed by atoms with E-state index in [4.69, 9.17) is 20.9 Å². The lowest BCUT2D eigenvalue weighted by Crippen LogP contribution is -2.17. The summed E-state index contributed by atoms with van der Waals surface area (Å²) in [5, 5.41) is 0.924. The lowest BCUT2D eigenvalue weighted by atomic mass is 10.2. The Kier molecular flexibility index (Phi) is 2.94. The minimum Gasteiger partial charge on any atom is -0.421 e. The molecule has 1 aliphatic heterocycles. The average molecular weight is 277 g/mol. The Labute approximate surface area is 111 Å². The van der Waals surface area contributed by atoms with Crippen molar-refractivity contribution in [3.8, 4) is 5.88 Å². The van der Waals surface area contributed by atoms with Crippen LogP contribution in [0.15, 0.2) is 42.6 Å². The maximum atomic E-state index is 5.85. The van der Waals surface area contributed by atoms with Crippen molar-refractivity contribution < 1.29 is 9.05 Å². The first-order valence-corrected chi connectivity index (χ1v) is 8.26. The van der Waals surface area contributed by atoms with Crippen molar-refractivity contribution in [3.63, 3.8) is 0 Å². The number of aryl methyl sites for hydroxylation is 1. The highest BCUT2D eigenvalue weighted by Gasteiger charge is 2.30. The van der Waals surface area contributed by atoms with Crippen molar-refractivity contribution in [1.29, 1.82) is 0 Å². The van der Waals surface area contributed by atoms with Crippen LogP contribution in [0, 0.1) is 6.92 Å². The molecular weight excluding hydrogens is 265 g/mol. The highest BCUT2D eigenvalue weighted by atomic mass is 32.5. The number of fused-ring (bicyclic) bond motifs is 1. The number of nitrogens with zero attached hydrogens (tertiary/aromatic N) is 1. The lowest BCUT2D eigenvalue weighted by Gasteiger charge is -2.28. The van der Waals surface area contributed by atoms with Crippen molar-refractivity contribution in [2.75, 3.05) is 0 Å². The third kappa shape index (κ3) is 2.07. The third-order valence-electron chi connectivity index (χ3n) is 2.73. The van der Waals surface area contributed by atoms with Crippen LogP contribution in [0.25, 0.3) is 0 Å². The quantitative estimate of drug-likeness (QED) is 0.750. The fourth-order valence-corrected chi connectivity index (χ4v) is 4.12. The van der Waals surface area contributed by atoms with E-state index >= 15 is 0 Å². The van der Waals surface area contributed by atoms with Crippen LogP contribution in [0.2, 0.25) is 0 Å². The zero-order chi connectivity index (χ0) is 12.6. The monoisotopic (exact) mass is 277 g/mol. The normalized spacial score (nSPS) is 22.1. The molecule has 2 heterocycles. The molecule has 1 aromatic carbocycles. The summed E-state index contributed by atoms with van der Waals surface area (Å²) >= 11 is 5.56. The van der Waals surface area contributed by atoms with Crippen LogP contribution < -0.4 is 9.83 Å². The maximum absolute atomic E-state index is 5.85. The SMILES string of the molecule is Cc1cnc2c(c1)COP(=S)(c1ccccc1)O2. The molecule has 0 saturated heterocycles. The third-order valence-corrected chi connectivity index (χ3v) is 5.72. The van der Waals surface area contributed by atoms with Crippen LogP contribution in [0.5, 0.6) is 5.88 Å². The zero-order valence-electron chi connectivity index (χ0n) is 9.87. The molecule has 0 saturated carbocycles. The van der Waals surface area contributed by atoms with Crippen molar-refractivity contribution in [3.05, 3.63) is 53.7 Å². The summed E-state index contributed by atoms with van der Waals surface area (Å²) in [6.07, 6.45) is 1.79. The van der Waals surface area contributed by atoms with E-state index in [1.54, 1.807) is 6.20 Å². The number of benzene rings is 1. The summed E-state index contributed by atoms with van der Waals surface area (Å²) in [4.78, 5) is 4.30. The van der Waals surface area contributed by atoms with Crippen LogP contribution in [-0.4, -0.2) is 4.98 Å². The van der Waals surface area contributed by atoms with Crippen LogP contribution in [0.4, 0.5) is 0 Å². The second-order valence-electron chi connectivity index (χ2n) is 4.17. The van der Waals surface area contributed by atoms with E-state index in [0.29, 0.717) is 12.5 Å². The van der Waals surface area contributed by atoms with Gasteiger partial charge in [0.25, 0.3) is 6.49 Å². The van der Waals surface area contributed by atoms with Gasteiger partial charge in [-0.05, 0) is 42.5 Å². The van der Waals surface area contributed by atoms with Gasteiger partial charge in [0.1, 0.15) is 0 Å². The summed E-state index contributed by atoms with van der Waals surface area (Å²) in [5.41, 5.74) is 2.06. The zero-order valence-corrected chi connectivity index (χ0v) is 11.6. The fraction of sp³-hybridized carbons (Fsp3) is 0.154. The molecular formula is C13H12NO2PS. The molecule has 5 heteroatoms. The Morgan fingerprint density at radius 2 is 2.06 bits per heavy atom. The van der Waals surface area contributed by atoms with Gasteiger partial charge in [-0.3, -0.25) is 0 Å². The van der Waals surface area contributed by atoms with Gasteiger partial charge in [-0.1, -0.05) is 18.2 Å². The van der Waals surface area contributed by atoms with E-state index in [2.05, 4.69) is 4.98 Å².